The van der Waals surface area contributed by atoms with Gasteiger partial charge in [-0.2, -0.15) is 0 Å². The lowest BCUT2D eigenvalue weighted by atomic mass is 10.0. The molecule has 0 aliphatic rings. The molecule has 0 saturated carbocycles. The Labute approximate surface area is 127 Å². The molecule has 0 atom stereocenters. The van der Waals surface area contributed by atoms with Gasteiger partial charge in [0.15, 0.2) is 0 Å². The van der Waals surface area contributed by atoms with Crippen LogP contribution in [-0.2, 0) is 6.42 Å². The quantitative estimate of drug-likeness (QED) is 0.546. The Morgan fingerprint density at radius 3 is 2.32 bits per heavy atom. The molecule has 0 aliphatic heterocycles. The van der Waals surface area contributed by atoms with Gasteiger partial charge in [-0.1, -0.05) is 67.4 Å². The van der Waals surface area contributed by atoms with E-state index >= 15 is 0 Å². The van der Waals surface area contributed by atoms with Crippen molar-refractivity contribution < 1.29 is 0 Å². The van der Waals surface area contributed by atoms with E-state index < -0.39 is 0 Å². The highest BCUT2D eigenvalue weighted by molar-refractivity contribution is 6.33. The Balaban J connectivity index is 0.00000154. The summed E-state index contributed by atoms with van der Waals surface area (Å²) in [7, 11) is 0. The highest BCUT2D eigenvalue weighted by atomic mass is 35.5. The number of benzene rings is 1. The zero-order valence-electron chi connectivity index (χ0n) is 12.1. The van der Waals surface area contributed by atoms with Gasteiger partial charge in [-0.05, 0) is 49.6 Å². The molecule has 0 nitrogen and oxygen atoms in total. The highest BCUT2D eigenvalue weighted by Crippen LogP contribution is 2.23. The van der Waals surface area contributed by atoms with Gasteiger partial charge in [-0.25, -0.2) is 0 Å². The topological polar surface area (TPSA) is 0 Å². The number of halogens is 2. The molecule has 0 unspecified atom stereocenters. The van der Waals surface area contributed by atoms with Gasteiger partial charge in [0.05, 0.1) is 0 Å². The minimum Gasteiger partial charge on any atom is -0.0988 e. The van der Waals surface area contributed by atoms with Crippen LogP contribution in [0, 0.1) is 0 Å². The van der Waals surface area contributed by atoms with Gasteiger partial charge in [-0.3, -0.25) is 0 Å². The van der Waals surface area contributed by atoms with Gasteiger partial charge >= 0.3 is 0 Å². The third-order valence-electron chi connectivity index (χ3n) is 2.30. The van der Waals surface area contributed by atoms with E-state index in [1.807, 2.05) is 32.1 Å². The summed E-state index contributed by atoms with van der Waals surface area (Å²) in [5.41, 5.74) is 3.39. The summed E-state index contributed by atoms with van der Waals surface area (Å²) in [4.78, 5) is 0. The smallest absolute Gasteiger partial charge is 0.0442 e. The molecule has 19 heavy (non-hydrogen) atoms. The van der Waals surface area contributed by atoms with E-state index in [1.165, 1.54) is 5.57 Å². The summed E-state index contributed by atoms with van der Waals surface area (Å²) in [5.74, 6) is 0. The first-order chi connectivity index (χ1) is 9.02. The van der Waals surface area contributed by atoms with Crippen LogP contribution in [0.1, 0.15) is 33.3 Å². The Hall–Kier alpha value is -0.980. The fraction of sp³-hybridized carbons (Fsp3) is 0.294. The largest absolute Gasteiger partial charge is 0.0988 e. The minimum absolute atomic E-state index is 0.704. The molecule has 0 N–H and O–H groups in total. The van der Waals surface area contributed by atoms with Gasteiger partial charge in [0.25, 0.3) is 0 Å². The Kier molecular flexibility index (Phi) is 9.38. The molecule has 104 valence electrons. The van der Waals surface area contributed by atoms with E-state index in [9.17, 15) is 0 Å². The fourth-order valence-corrected chi connectivity index (χ4v) is 1.75. The van der Waals surface area contributed by atoms with Crippen molar-refractivity contribution in [1.82, 2.24) is 0 Å². The third kappa shape index (κ3) is 7.25. The Bertz CT molecular complexity index is 464. The lowest BCUT2D eigenvalue weighted by Gasteiger charge is -2.05. The summed E-state index contributed by atoms with van der Waals surface area (Å²) in [6, 6.07) is 5.51. The molecule has 0 radical (unpaired) electrons. The zero-order chi connectivity index (χ0) is 14.8. The van der Waals surface area contributed by atoms with Crippen molar-refractivity contribution in [2.45, 2.75) is 34.1 Å². The van der Waals surface area contributed by atoms with Crippen molar-refractivity contribution in [3.63, 3.8) is 0 Å². The van der Waals surface area contributed by atoms with Crippen LogP contribution in [0.15, 0.2) is 54.2 Å². The SMILES string of the molecule is C=C/C(=C\C=C(C)C)Cc1cc(Cl)ccc1Cl.CC. The van der Waals surface area contributed by atoms with Crippen LogP contribution in [-0.4, -0.2) is 0 Å². The van der Waals surface area contributed by atoms with E-state index in [4.69, 9.17) is 23.2 Å². The molecule has 0 spiro atoms. The lowest BCUT2D eigenvalue weighted by Crippen LogP contribution is -1.89. The number of hydrogen-bond acceptors (Lipinski definition) is 0. The van der Waals surface area contributed by atoms with Crippen LogP contribution in [0.5, 0.6) is 0 Å². The monoisotopic (exact) mass is 296 g/mol. The summed E-state index contributed by atoms with van der Waals surface area (Å²) in [5, 5.41) is 1.44. The summed E-state index contributed by atoms with van der Waals surface area (Å²) >= 11 is 12.1. The normalized spacial score (nSPS) is 10.3. The van der Waals surface area contributed by atoms with Gasteiger partial charge in [0.2, 0.25) is 0 Å². The van der Waals surface area contributed by atoms with Gasteiger partial charge in [-0.15, -0.1) is 0 Å². The van der Waals surface area contributed by atoms with E-state index in [1.54, 1.807) is 6.07 Å². The second kappa shape index (κ2) is 9.89. The van der Waals surface area contributed by atoms with Crippen molar-refractivity contribution in [1.29, 1.82) is 0 Å². The summed E-state index contributed by atoms with van der Waals surface area (Å²) < 4.78 is 0. The lowest BCUT2D eigenvalue weighted by molar-refractivity contribution is 1.20. The maximum absolute atomic E-state index is 6.12. The predicted molar refractivity (Wildman–Crippen MR) is 89.2 cm³/mol. The van der Waals surface area contributed by atoms with Crippen LogP contribution in [0.25, 0.3) is 0 Å². The molecule has 1 aromatic rings. The van der Waals surface area contributed by atoms with Crippen molar-refractivity contribution in [3.05, 3.63) is 69.8 Å². The first-order valence-corrected chi connectivity index (χ1v) is 7.19. The van der Waals surface area contributed by atoms with Crippen molar-refractivity contribution >= 4 is 23.2 Å². The van der Waals surface area contributed by atoms with Crippen LogP contribution in [0.3, 0.4) is 0 Å². The van der Waals surface area contributed by atoms with Gasteiger partial charge < -0.3 is 0 Å². The van der Waals surface area contributed by atoms with Gasteiger partial charge in [0.1, 0.15) is 0 Å². The van der Waals surface area contributed by atoms with Crippen molar-refractivity contribution in [2.24, 2.45) is 0 Å². The third-order valence-corrected chi connectivity index (χ3v) is 2.90. The molecule has 0 saturated heterocycles. The molecule has 0 amide bonds. The van der Waals surface area contributed by atoms with Crippen LogP contribution >= 0.6 is 23.2 Å². The van der Waals surface area contributed by atoms with Crippen LogP contribution < -0.4 is 0 Å². The van der Waals surface area contributed by atoms with Crippen molar-refractivity contribution in [3.8, 4) is 0 Å². The molecule has 0 aliphatic carbocycles. The second-order valence-corrected chi connectivity index (χ2v) is 4.95. The first-order valence-electron chi connectivity index (χ1n) is 6.43. The van der Waals surface area contributed by atoms with E-state index in [0.29, 0.717) is 5.02 Å². The predicted octanol–water partition coefficient (Wildman–Crippen LogP) is 6.64. The maximum atomic E-state index is 6.12. The van der Waals surface area contributed by atoms with E-state index in [2.05, 4.69) is 32.6 Å². The molecule has 0 bridgehead atoms. The van der Waals surface area contributed by atoms with Gasteiger partial charge in [0, 0.05) is 10.0 Å². The van der Waals surface area contributed by atoms with Crippen LogP contribution in [0.2, 0.25) is 10.0 Å². The molecule has 1 rings (SSSR count). The number of allylic oxidation sites excluding steroid dienone is 5. The molecular formula is C17H22Cl2. The molecule has 2 heteroatoms. The minimum atomic E-state index is 0.704. The fourth-order valence-electron chi connectivity index (χ4n) is 1.37. The van der Waals surface area contributed by atoms with E-state index in [-0.39, 0.29) is 0 Å². The number of hydrogen-bond donors (Lipinski definition) is 0. The molecule has 0 heterocycles. The molecule has 1 aromatic carbocycles. The Morgan fingerprint density at radius 2 is 1.79 bits per heavy atom. The maximum Gasteiger partial charge on any atom is 0.0442 e. The first kappa shape index (κ1) is 18.0. The molecular weight excluding hydrogens is 275 g/mol. The Morgan fingerprint density at radius 1 is 1.16 bits per heavy atom. The summed E-state index contributed by atoms with van der Waals surface area (Å²) in [6.07, 6.45) is 6.71. The van der Waals surface area contributed by atoms with Crippen LogP contribution in [0.4, 0.5) is 0 Å². The van der Waals surface area contributed by atoms with E-state index in [0.717, 1.165) is 22.6 Å². The second-order valence-electron chi connectivity index (χ2n) is 4.10. The van der Waals surface area contributed by atoms with Crippen molar-refractivity contribution in [2.75, 3.05) is 0 Å². The molecule has 0 fully saturated rings. The molecule has 0 aromatic heterocycles. The average molecular weight is 297 g/mol. The average Bonchev–Trinajstić information content (AvgIpc) is 2.40. The zero-order valence-corrected chi connectivity index (χ0v) is 13.6. The highest BCUT2D eigenvalue weighted by Gasteiger charge is 2.02. The summed E-state index contributed by atoms with van der Waals surface area (Å²) in [6.45, 7) is 11.9. The standard InChI is InChI=1S/C15H16Cl2.C2H6/c1-4-12(6-5-11(2)3)9-13-10-14(16)7-8-15(13)17;1-2/h4-8,10H,1,9H2,2-3H3;1-2H3/b12-6+;. The number of rotatable bonds is 4.